The fourth-order valence-corrected chi connectivity index (χ4v) is 1.03. The minimum absolute atomic E-state index is 0.243. The van der Waals surface area contributed by atoms with Crippen LogP contribution in [0.25, 0.3) is 0 Å². The molecule has 1 unspecified atom stereocenters. The van der Waals surface area contributed by atoms with Crippen LogP contribution in [0.4, 0.5) is 0 Å². The Bertz CT molecular complexity index is 292. The first kappa shape index (κ1) is 9.71. The van der Waals surface area contributed by atoms with Crippen molar-refractivity contribution in [1.82, 2.24) is 4.98 Å². The van der Waals surface area contributed by atoms with Gasteiger partial charge in [-0.3, -0.25) is 4.98 Å². The maximum atomic E-state index is 10.5. The second-order valence-corrected chi connectivity index (χ2v) is 3.09. The van der Waals surface area contributed by atoms with E-state index in [0.29, 0.717) is 5.92 Å². The van der Waals surface area contributed by atoms with Crippen LogP contribution in [0.2, 0.25) is 0 Å². The van der Waals surface area contributed by atoms with E-state index in [0.717, 1.165) is 12.1 Å². The molecule has 1 aromatic heterocycles. The molecule has 1 N–H and O–H groups in total. The first-order chi connectivity index (χ1) is 6.15. The van der Waals surface area contributed by atoms with Gasteiger partial charge < -0.3 is 5.11 Å². The van der Waals surface area contributed by atoms with Crippen LogP contribution in [0.5, 0.6) is 0 Å². The van der Waals surface area contributed by atoms with Crippen molar-refractivity contribution in [2.24, 2.45) is 0 Å². The van der Waals surface area contributed by atoms with E-state index in [4.69, 9.17) is 5.11 Å². The monoisotopic (exact) mass is 179 g/mol. The van der Waals surface area contributed by atoms with Crippen molar-refractivity contribution < 1.29 is 9.90 Å². The SMILES string of the molecule is CCC(C)c1ccc(C(=O)O)cn1. The lowest BCUT2D eigenvalue weighted by Gasteiger charge is -2.06. The minimum Gasteiger partial charge on any atom is -0.478 e. The lowest BCUT2D eigenvalue weighted by Crippen LogP contribution is -2.00. The van der Waals surface area contributed by atoms with Crippen molar-refractivity contribution >= 4 is 5.97 Å². The van der Waals surface area contributed by atoms with E-state index in [9.17, 15) is 4.79 Å². The van der Waals surface area contributed by atoms with Crippen molar-refractivity contribution in [2.45, 2.75) is 26.2 Å². The number of carboxylic acids is 1. The summed E-state index contributed by atoms with van der Waals surface area (Å²) < 4.78 is 0. The third-order valence-corrected chi connectivity index (χ3v) is 2.15. The Hall–Kier alpha value is -1.38. The molecule has 0 aliphatic heterocycles. The highest BCUT2D eigenvalue weighted by Crippen LogP contribution is 2.15. The van der Waals surface area contributed by atoms with Crippen LogP contribution in [-0.4, -0.2) is 16.1 Å². The largest absolute Gasteiger partial charge is 0.478 e. The first-order valence-electron chi connectivity index (χ1n) is 4.34. The maximum absolute atomic E-state index is 10.5. The molecule has 0 saturated heterocycles. The fourth-order valence-electron chi connectivity index (χ4n) is 1.03. The molecular formula is C10H13NO2. The van der Waals surface area contributed by atoms with Crippen LogP contribution < -0.4 is 0 Å². The molecule has 70 valence electrons. The van der Waals surface area contributed by atoms with Gasteiger partial charge >= 0.3 is 5.97 Å². The Morgan fingerprint density at radius 1 is 1.62 bits per heavy atom. The highest BCUT2D eigenvalue weighted by atomic mass is 16.4. The van der Waals surface area contributed by atoms with Crippen LogP contribution >= 0.6 is 0 Å². The molecule has 0 spiro atoms. The molecule has 0 aromatic carbocycles. The normalized spacial score (nSPS) is 12.5. The number of aromatic nitrogens is 1. The summed E-state index contributed by atoms with van der Waals surface area (Å²) in [6, 6.07) is 3.37. The topological polar surface area (TPSA) is 50.2 Å². The summed E-state index contributed by atoms with van der Waals surface area (Å²) in [5, 5.41) is 8.63. The molecule has 0 aliphatic carbocycles. The molecule has 1 heterocycles. The van der Waals surface area contributed by atoms with Gasteiger partial charge in [0.25, 0.3) is 0 Å². The van der Waals surface area contributed by atoms with Crippen LogP contribution in [0.3, 0.4) is 0 Å². The smallest absolute Gasteiger partial charge is 0.337 e. The predicted octanol–water partition coefficient (Wildman–Crippen LogP) is 2.29. The van der Waals surface area contributed by atoms with Gasteiger partial charge in [0.15, 0.2) is 0 Å². The Kier molecular flexibility index (Phi) is 3.01. The number of aromatic carboxylic acids is 1. The Labute approximate surface area is 77.4 Å². The second kappa shape index (κ2) is 4.03. The molecule has 0 fully saturated rings. The van der Waals surface area contributed by atoms with Gasteiger partial charge in [0, 0.05) is 11.9 Å². The van der Waals surface area contributed by atoms with Gasteiger partial charge in [-0.1, -0.05) is 13.8 Å². The number of pyridine rings is 1. The van der Waals surface area contributed by atoms with Gasteiger partial charge in [-0.2, -0.15) is 0 Å². The first-order valence-corrected chi connectivity index (χ1v) is 4.34. The Morgan fingerprint density at radius 3 is 2.69 bits per heavy atom. The number of rotatable bonds is 3. The van der Waals surface area contributed by atoms with Crippen LogP contribution in [-0.2, 0) is 0 Å². The number of carbonyl (C=O) groups is 1. The van der Waals surface area contributed by atoms with E-state index in [1.165, 1.54) is 6.20 Å². The second-order valence-electron chi connectivity index (χ2n) is 3.09. The summed E-state index contributed by atoms with van der Waals surface area (Å²) in [6.07, 6.45) is 2.42. The highest BCUT2D eigenvalue weighted by Gasteiger charge is 2.06. The van der Waals surface area contributed by atoms with Crippen molar-refractivity contribution in [3.63, 3.8) is 0 Å². The maximum Gasteiger partial charge on any atom is 0.337 e. The molecular weight excluding hydrogens is 166 g/mol. The van der Waals surface area contributed by atoms with E-state index < -0.39 is 5.97 Å². The van der Waals surface area contributed by atoms with E-state index in [2.05, 4.69) is 18.8 Å². The zero-order valence-corrected chi connectivity index (χ0v) is 7.82. The van der Waals surface area contributed by atoms with E-state index in [1.54, 1.807) is 12.1 Å². The molecule has 0 bridgehead atoms. The molecule has 0 radical (unpaired) electrons. The molecule has 1 rings (SSSR count). The summed E-state index contributed by atoms with van der Waals surface area (Å²) in [5.41, 5.74) is 1.19. The number of nitrogens with zero attached hydrogens (tertiary/aromatic N) is 1. The lowest BCUT2D eigenvalue weighted by atomic mass is 10.0. The average molecular weight is 179 g/mol. The van der Waals surface area contributed by atoms with Crippen molar-refractivity contribution in [1.29, 1.82) is 0 Å². The third kappa shape index (κ3) is 2.28. The summed E-state index contributed by atoms with van der Waals surface area (Å²) in [7, 11) is 0. The molecule has 0 aliphatic rings. The molecule has 13 heavy (non-hydrogen) atoms. The van der Waals surface area contributed by atoms with Crippen LogP contribution in [0.15, 0.2) is 18.3 Å². The zero-order chi connectivity index (χ0) is 9.84. The Morgan fingerprint density at radius 2 is 2.31 bits per heavy atom. The minimum atomic E-state index is -0.928. The summed E-state index contributed by atoms with van der Waals surface area (Å²) >= 11 is 0. The van der Waals surface area contributed by atoms with Gasteiger partial charge in [-0.05, 0) is 24.5 Å². The van der Waals surface area contributed by atoms with Crippen molar-refractivity contribution in [2.75, 3.05) is 0 Å². The van der Waals surface area contributed by atoms with Crippen molar-refractivity contribution in [3.8, 4) is 0 Å². The van der Waals surface area contributed by atoms with Crippen LogP contribution in [0, 0.1) is 0 Å². The molecule has 1 aromatic rings. The third-order valence-electron chi connectivity index (χ3n) is 2.15. The number of hydrogen-bond acceptors (Lipinski definition) is 2. The van der Waals surface area contributed by atoms with Gasteiger partial charge in [-0.25, -0.2) is 4.79 Å². The molecule has 1 atom stereocenters. The van der Waals surface area contributed by atoms with Gasteiger partial charge in [0.1, 0.15) is 0 Å². The van der Waals surface area contributed by atoms with Gasteiger partial charge in [-0.15, -0.1) is 0 Å². The van der Waals surface area contributed by atoms with Crippen LogP contribution in [0.1, 0.15) is 42.2 Å². The summed E-state index contributed by atoms with van der Waals surface area (Å²) in [5.74, 6) is -0.536. The predicted molar refractivity (Wildman–Crippen MR) is 49.9 cm³/mol. The average Bonchev–Trinajstić information content (AvgIpc) is 2.17. The van der Waals surface area contributed by atoms with E-state index >= 15 is 0 Å². The van der Waals surface area contributed by atoms with Crippen molar-refractivity contribution in [3.05, 3.63) is 29.6 Å². The van der Waals surface area contributed by atoms with Gasteiger partial charge in [0.05, 0.1) is 5.56 Å². The lowest BCUT2D eigenvalue weighted by molar-refractivity contribution is 0.0696. The zero-order valence-electron chi connectivity index (χ0n) is 7.82. The van der Waals surface area contributed by atoms with E-state index in [1.807, 2.05) is 0 Å². The molecule has 0 saturated carbocycles. The highest BCUT2D eigenvalue weighted by molar-refractivity contribution is 5.87. The summed E-state index contributed by atoms with van der Waals surface area (Å²) in [4.78, 5) is 14.6. The fraction of sp³-hybridized carbons (Fsp3) is 0.400. The standard InChI is InChI=1S/C10H13NO2/c1-3-7(2)9-5-4-8(6-11-9)10(12)13/h4-7H,3H2,1-2H3,(H,12,13). The summed E-state index contributed by atoms with van der Waals surface area (Å²) in [6.45, 7) is 4.15. The quantitative estimate of drug-likeness (QED) is 0.774. The number of carboxylic acid groups (broad SMARTS) is 1. The molecule has 3 nitrogen and oxygen atoms in total. The molecule has 0 amide bonds. The van der Waals surface area contributed by atoms with E-state index in [-0.39, 0.29) is 5.56 Å². The Balaban J connectivity index is 2.87. The molecule has 3 heteroatoms. The number of hydrogen-bond donors (Lipinski definition) is 1. The van der Waals surface area contributed by atoms with Gasteiger partial charge in [0.2, 0.25) is 0 Å².